The minimum Gasteiger partial charge on any atom is -0.496 e. The van der Waals surface area contributed by atoms with Gasteiger partial charge in [-0.1, -0.05) is 24.3 Å². The summed E-state index contributed by atoms with van der Waals surface area (Å²) < 4.78 is 12.5. The van der Waals surface area contributed by atoms with Crippen LogP contribution in [0.25, 0.3) is 16.7 Å². The Morgan fingerprint density at radius 1 is 1.19 bits per heavy atom. The number of hydrogen-bond donors (Lipinski definition) is 2. The van der Waals surface area contributed by atoms with Crippen molar-refractivity contribution < 1.29 is 14.6 Å². The van der Waals surface area contributed by atoms with Crippen LogP contribution in [-0.4, -0.2) is 24.4 Å². The third kappa shape index (κ3) is 3.34. The van der Waals surface area contributed by atoms with E-state index in [0.717, 1.165) is 47.6 Å². The van der Waals surface area contributed by atoms with Crippen LogP contribution >= 0.6 is 0 Å². The highest BCUT2D eigenvalue weighted by Gasteiger charge is 2.38. The van der Waals surface area contributed by atoms with Crippen molar-refractivity contribution in [3.05, 3.63) is 59.2 Å². The zero-order chi connectivity index (χ0) is 21.8. The fraction of sp³-hybridized carbons (Fsp3) is 0.407. The van der Waals surface area contributed by atoms with Gasteiger partial charge in [-0.05, 0) is 74.9 Å². The minimum atomic E-state index is -0.0993. The van der Waals surface area contributed by atoms with Gasteiger partial charge in [0.1, 0.15) is 17.6 Å². The number of aliphatic hydroxyl groups is 1. The lowest BCUT2D eigenvalue weighted by atomic mass is 9.76. The molecule has 2 atom stereocenters. The maximum atomic E-state index is 9.78. The Morgan fingerprint density at radius 3 is 2.81 bits per heavy atom. The van der Waals surface area contributed by atoms with Gasteiger partial charge in [-0.25, -0.2) is 0 Å². The molecule has 1 aliphatic carbocycles. The second-order valence-corrected chi connectivity index (χ2v) is 9.53. The Morgan fingerprint density at radius 2 is 2.03 bits per heavy atom. The first-order valence-corrected chi connectivity index (χ1v) is 11.2. The van der Waals surface area contributed by atoms with Crippen molar-refractivity contribution in [1.29, 1.82) is 0 Å². The summed E-state index contributed by atoms with van der Waals surface area (Å²) in [6.45, 7) is 6.72. The maximum Gasteiger partial charge on any atom is 0.131 e. The fourth-order valence-electron chi connectivity index (χ4n) is 5.61. The number of nitrogens with one attached hydrogen (secondary N) is 1. The van der Waals surface area contributed by atoms with Crippen LogP contribution in [0.5, 0.6) is 11.5 Å². The van der Waals surface area contributed by atoms with Gasteiger partial charge >= 0.3 is 0 Å². The first-order chi connectivity index (χ1) is 14.9. The predicted octanol–water partition coefficient (Wildman–Crippen LogP) is 6.12. The number of fused-ring (bicyclic) bond motifs is 5. The van der Waals surface area contributed by atoms with Gasteiger partial charge in [0.05, 0.1) is 24.8 Å². The molecule has 31 heavy (non-hydrogen) atoms. The topological polar surface area (TPSA) is 50.7 Å². The largest absolute Gasteiger partial charge is 0.496 e. The van der Waals surface area contributed by atoms with Crippen molar-refractivity contribution in [3.8, 4) is 22.6 Å². The Bertz CT molecular complexity index is 1100. The Balaban J connectivity index is 1.76. The standard InChI is InChI=1S/C27H31NO3/c1-16-14-27(2,3)28-20-12-11-19-24-21(30-4)9-6-10-22(24)31-26(25(19)23(16)20)18-8-5-7-17(13-18)15-29/h6,9-14,18,26,28-29H,5,7-8,15H2,1-4H3/t18-,26-/m1/s1. The molecule has 4 heteroatoms. The molecule has 0 amide bonds. The highest BCUT2D eigenvalue weighted by molar-refractivity contribution is 5.91. The van der Waals surface area contributed by atoms with E-state index in [-0.39, 0.29) is 24.2 Å². The number of methoxy groups -OCH3 is 1. The van der Waals surface area contributed by atoms with Crippen molar-refractivity contribution in [2.24, 2.45) is 5.92 Å². The number of benzene rings is 2. The van der Waals surface area contributed by atoms with E-state index in [1.54, 1.807) is 7.11 Å². The smallest absolute Gasteiger partial charge is 0.131 e. The quantitative estimate of drug-likeness (QED) is 0.591. The average Bonchev–Trinajstić information content (AvgIpc) is 2.76. The van der Waals surface area contributed by atoms with Crippen molar-refractivity contribution in [2.75, 3.05) is 19.0 Å². The summed E-state index contributed by atoms with van der Waals surface area (Å²) in [6.07, 6.45) is 7.56. The molecule has 4 nitrogen and oxygen atoms in total. The zero-order valence-corrected chi connectivity index (χ0v) is 18.8. The molecule has 0 fully saturated rings. The van der Waals surface area contributed by atoms with Crippen molar-refractivity contribution in [2.45, 2.75) is 51.7 Å². The molecule has 162 valence electrons. The summed E-state index contributed by atoms with van der Waals surface area (Å²) in [5.41, 5.74) is 8.12. The Labute approximate surface area is 184 Å². The van der Waals surface area contributed by atoms with E-state index in [2.05, 4.69) is 50.4 Å². The SMILES string of the molecule is COc1cccc2c1-c1ccc3c(c1[C@@H]([C@H]1C=C(CO)CCC1)O2)C(C)=CC(C)(C)N3. The maximum absolute atomic E-state index is 9.78. The third-order valence-electron chi connectivity index (χ3n) is 6.77. The van der Waals surface area contributed by atoms with Crippen LogP contribution in [-0.2, 0) is 0 Å². The number of anilines is 1. The molecule has 2 N–H and O–H groups in total. The van der Waals surface area contributed by atoms with Crippen LogP contribution in [0.4, 0.5) is 5.69 Å². The molecule has 2 aromatic carbocycles. The van der Waals surface area contributed by atoms with E-state index >= 15 is 0 Å². The molecule has 2 aliphatic heterocycles. The second-order valence-electron chi connectivity index (χ2n) is 9.53. The van der Waals surface area contributed by atoms with Crippen LogP contribution < -0.4 is 14.8 Å². The summed E-state index contributed by atoms with van der Waals surface area (Å²) in [5.74, 6) is 1.92. The summed E-state index contributed by atoms with van der Waals surface area (Å²) in [4.78, 5) is 0. The van der Waals surface area contributed by atoms with Gasteiger partial charge in [0.25, 0.3) is 0 Å². The average molecular weight is 418 g/mol. The lowest BCUT2D eigenvalue weighted by Gasteiger charge is -2.40. The lowest BCUT2D eigenvalue weighted by Crippen LogP contribution is -2.33. The van der Waals surface area contributed by atoms with E-state index in [1.807, 2.05) is 18.2 Å². The monoisotopic (exact) mass is 417 g/mol. The molecule has 2 aromatic rings. The molecule has 0 bridgehead atoms. The summed E-state index contributed by atoms with van der Waals surface area (Å²) in [6, 6.07) is 10.4. The van der Waals surface area contributed by atoms with Gasteiger partial charge < -0.3 is 19.9 Å². The van der Waals surface area contributed by atoms with Gasteiger partial charge in [0, 0.05) is 22.7 Å². The van der Waals surface area contributed by atoms with Gasteiger partial charge in [-0.2, -0.15) is 0 Å². The molecule has 2 heterocycles. The zero-order valence-electron chi connectivity index (χ0n) is 18.8. The van der Waals surface area contributed by atoms with Gasteiger partial charge in [0.2, 0.25) is 0 Å². The molecule has 0 saturated heterocycles. The summed E-state index contributed by atoms with van der Waals surface area (Å²) >= 11 is 0. The number of allylic oxidation sites excluding steroid dienone is 1. The summed E-state index contributed by atoms with van der Waals surface area (Å²) in [5, 5.41) is 13.5. The summed E-state index contributed by atoms with van der Waals surface area (Å²) in [7, 11) is 1.71. The third-order valence-corrected chi connectivity index (χ3v) is 6.77. The van der Waals surface area contributed by atoms with E-state index in [1.165, 1.54) is 22.3 Å². The number of hydrogen-bond acceptors (Lipinski definition) is 4. The van der Waals surface area contributed by atoms with Gasteiger partial charge in [0.15, 0.2) is 0 Å². The molecular weight excluding hydrogens is 386 g/mol. The number of rotatable bonds is 3. The second kappa shape index (κ2) is 7.45. The van der Waals surface area contributed by atoms with E-state index < -0.39 is 0 Å². The molecular formula is C27H31NO3. The van der Waals surface area contributed by atoms with Gasteiger partial charge in [-0.15, -0.1) is 0 Å². The molecule has 0 aromatic heterocycles. The molecule has 0 unspecified atom stereocenters. The molecule has 3 aliphatic rings. The molecule has 0 spiro atoms. The number of ether oxygens (including phenoxy) is 2. The highest BCUT2D eigenvalue weighted by Crippen LogP contribution is 2.54. The van der Waals surface area contributed by atoms with Crippen molar-refractivity contribution >= 4 is 11.3 Å². The van der Waals surface area contributed by atoms with E-state index in [0.29, 0.717) is 0 Å². The highest BCUT2D eigenvalue weighted by atomic mass is 16.5. The van der Waals surface area contributed by atoms with E-state index in [4.69, 9.17) is 9.47 Å². The molecule has 0 saturated carbocycles. The Hall–Kier alpha value is -2.72. The normalized spacial score (nSPS) is 23.3. The minimum absolute atomic E-state index is 0.0965. The number of aliphatic hydroxyl groups excluding tert-OH is 1. The first-order valence-electron chi connectivity index (χ1n) is 11.2. The van der Waals surface area contributed by atoms with Crippen LogP contribution in [0.15, 0.2) is 48.1 Å². The van der Waals surface area contributed by atoms with Crippen molar-refractivity contribution in [1.82, 2.24) is 0 Å². The molecule has 5 rings (SSSR count). The molecule has 0 radical (unpaired) electrons. The predicted molar refractivity (Wildman–Crippen MR) is 126 cm³/mol. The van der Waals surface area contributed by atoms with Crippen LogP contribution in [0.1, 0.15) is 57.3 Å². The van der Waals surface area contributed by atoms with E-state index in [9.17, 15) is 5.11 Å². The van der Waals surface area contributed by atoms with Crippen LogP contribution in [0, 0.1) is 5.92 Å². The van der Waals surface area contributed by atoms with Gasteiger partial charge in [-0.3, -0.25) is 0 Å². The fourth-order valence-corrected chi connectivity index (χ4v) is 5.61. The first kappa shape index (κ1) is 20.2. The van der Waals surface area contributed by atoms with Crippen LogP contribution in [0.2, 0.25) is 0 Å². The van der Waals surface area contributed by atoms with Crippen LogP contribution in [0.3, 0.4) is 0 Å². The lowest BCUT2D eigenvalue weighted by molar-refractivity contribution is 0.143. The Kier molecular flexibility index (Phi) is 4.86. The van der Waals surface area contributed by atoms with Crippen molar-refractivity contribution in [3.63, 3.8) is 0 Å².